The summed E-state index contributed by atoms with van der Waals surface area (Å²) in [6.45, 7) is 1.58. The van der Waals surface area contributed by atoms with E-state index in [0.29, 0.717) is 5.56 Å². The summed E-state index contributed by atoms with van der Waals surface area (Å²) in [6.07, 6.45) is 6.02. The van der Waals surface area contributed by atoms with Gasteiger partial charge in [-0.2, -0.15) is 0 Å². The minimum absolute atomic E-state index is 0.159. The van der Waals surface area contributed by atoms with E-state index in [4.69, 9.17) is 0 Å². The van der Waals surface area contributed by atoms with Crippen molar-refractivity contribution >= 4 is 5.97 Å². The van der Waals surface area contributed by atoms with Crippen LogP contribution in [0.3, 0.4) is 0 Å². The first-order valence-corrected chi connectivity index (χ1v) is 5.38. The zero-order chi connectivity index (χ0) is 13.2. The van der Waals surface area contributed by atoms with Crippen LogP contribution in [-0.4, -0.2) is 20.6 Å². The zero-order valence-electron chi connectivity index (χ0n) is 9.78. The van der Waals surface area contributed by atoms with Gasteiger partial charge in [0.1, 0.15) is 0 Å². The molecular weight excluding hydrogens is 232 g/mol. The summed E-state index contributed by atoms with van der Waals surface area (Å²) in [4.78, 5) is 26.5. The monoisotopic (exact) mass is 244 g/mol. The smallest absolute Gasteiger partial charge is 0.334 e. The van der Waals surface area contributed by atoms with Gasteiger partial charge in [0.05, 0.1) is 0 Å². The molecule has 2 aromatic heterocycles. The molecule has 0 bridgehead atoms. The highest BCUT2D eigenvalue weighted by Crippen LogP contribution is 2.25. The Morgan fingerprint density at radius 2 is 1.78 bits per heavy atom. The maximum atomic E-state index is 11.6. The maximum Gasteiger partial charge on any atom is 0.334 e. The first kappa shape index (κ1) is 12.0. The molecule has 92 valence electrons. The highest BCUT2D eigenvalue weighted by molar-refractivity contribution is 5.80. The van der Waals surface area contributed by atoms with Crippen LogP contribution in [0.4, 0.5) is 0 Å². The summed E-state index contributed by atoms with van der Waals surface area (Å²) >= 11 is 0. The van der Waals surface area contributed by atoms with E-state index >= 15 is 0 Å². The fourth-order valence-corrected chi connectivity index (χ4v) is 1.77. The van der Waals surface area contributed by atoms with Crippen LogP contribution in [0.25, 0.3) is 0 Å². The topological polar surface area (TPSA) is 72.2 Å². The lowest BCUT2D eigenvalue weighted by atomic mass is 9.92. The van der Waals surface area contributed by atoms with Crippen LogP contribution in [0.2, 0.25) is 0 Å². The second-order valence-electron chi connectivity index (χ2n) is 4.05. The second-order valence-corrected chi connectivity index (χ2v) is 4.05. The van der Waals surface area contributed by atoms with E-state index in [1.165, 1.54) is 29.1 Å². The minimum atomic E-state index is -1.27. The molecule has 0 saturated heterocycles. The standard InChI is InChI=1S/C13H12N2O3/c1-13(12(17)18,10-2-6-14-7-3-10)15-8-4-11(16)5-9-15/h2-9H,1H3,(H,17,18). The molecule has 0 saturated carbocycles. The Hall–Kier alpha value is -2.43. The molecule has 18 heavy (non-hydrogen) atoms. The van der Waals surface area contributed by atoms with E-state index in [2.05, 4.69) is 4.98 Å². The van der Waals surface area contributed by atoms with E-state index < -0.39 is 11.5 Å². The van der Waals surface area contributed by atoms with Gasteiger partial charge < -0.3 is 9.67 Å². The van der Waals surface area contributed by atoms with Gasteiger partial charge in [0.25, 0.3) is 0 Å². The largest absolute Gasteiger partial charge is 0.479 e. The number of hydrogen-bond donors (Lipinski definition) is 1. The highest BCUT2D eigenvalue weighted by Gasteiger charge is 2.36. The van der Waals surface area contributed by atoms with Crippen molar-refractivity contribution in [1.82, 2.24) is 9.55 Å². The van der Waals surface area contributed by atoms with Gasteiger partial charge in [-0.1, -0.05) is 0 Å². The molecule has 0 spiro atoms. The van der Waals surface area contributed by atoms with Gasteiger partial charge in [0, 0.05) is 36.9 Å². The number of rotatable bonds is 3. The molecule has 0 aromatic carbocycles. The lowest BCUT2D eigenvalue weighted by Gasteiger charge is -2.28. The maximum absolute atomic E-state index is 11.6. The van der Waals surface area contributed by atoms with Crippen LogP contribution in [0.15, 0.2) is 53.8 Å². The first-order chi connectivity index (χ1) is 8.55. The lowest BCUT2D eigenvalue weighted by molar-refractivity contribution is -0.144. The second kappa shape index (κ2) is 4.44. The van der Waals surface area contributed by atoms with Gasteiger partial charge in [0.2, 0.25) is 0 Å². The summed E-state index contributed by atoms with van der Waals surface area (Å²) in [5.41, 5.74) is -0.834. The van der Waals surface area contributed by atoms with E-state index in [1.54, 1.807) is 31.5 Å². The molecule has 5 nitrogen and oxygen atoms in total. The Bertz CT molecular complexity index is 601. The Morgan fingerprint density at radius 3 is 2.28 bits per heavy atom. The van der Waals surface area contributed by atoms with Gasteiger partial charge in [0.15, 0.2) is 11.0 Å². The van der Waals surface area contributed by atoms with Gasteiger partial charge in [-0.15, -0.1) is 0 Å². The number of pyridine rings is 2. The SMILES string of the molecule is CC(C(=O)O)(c1ccncc1)n1ccc(=O)cc1. The molecule has 1 atom stereocenters. The number of carboxylic acids is 1. The molecule has 0 amide bonds. The lowest BCUT2D eigenvalue weighted by Crippen LogP contribution is -2.40. The number of aliphatic carboxylic acids is 1. The number of carbonyl (C=O) groups is 1. The first-order valence-electron chi connectivity index (χ1n) is 5.38. The van der Waals surface area contributed by atoms with Gasteiger partial charge >= 0.3 is 5.97 Å². The van der Waals surface area contributed by atoms with Crippen LogP contribution >= 0.6 is 0 Å². The molecule has 1 unspecified atom stereocenters. The Morgan fingerprint density at radius 1 is 1.22 bits per heavy atom. The molecule has 2 aromatic rings. The predicted molar refractivity (Wildman–Crippen MR) is 65.3 cm³/mol. The Labute approximate surface area is 103 Å². The number of hydrogen-bond acceptors (Lipinski definition) is 3. The van der Waals surface area contributed by atoms with Crippen molar-refractivity contribution in [3.8, 4) is 0 Å². The molecule has 0 fully saturated rings. The molecule has 1 N–H and O–H groups in total. The van der Waals surface area contributed by atoms with Gasteiger partial charge in [-0.05, 0) is 24.6 Å². The van der Waals surface area contributed by atoms with Crippen molar-refractivity contribution in [2.24, 2.45) is 0 Å². The molecule has 0 radical (unpaired) electrons. The summed E-state index contributed by atoms with van der Waals surface area (Å²) in [5, 5.41) is 9.49. The van der Waals surface area contributed by atoms with Crippen LogP contribution < -0.4 is 5.43 Å². The average molecular weight is 244 g/mol. The van der Waals surface area contributed by atoms with Crippen LogP contribution in [0, 0.1) is 0 Å². The summed E-state index contributed by atoms with van der Waals surface area (Å²) in [7, 11) is 0. The molecule has 5 heteroatoms. The van der Waals surface area contributed by atoms with E-state index in [1.807, 2.05) is 0 Å². The molecule has 2 heterocycles. The minimum Gasteiger partial charge on any atom is -0.479 e. The molecule has 0 aliphatic carbocycles. The Balaban J connectivity index is 2.62. The zero-order valence-corrected chi connectivity index (χ0v) is 9.78. The third-order valence-electron chi connectivity index (χ3n) is 2.97. The third kappa shape index (κ3) is 1.90. The Kier molecular flexibility index (Phi) is 2.97. The summed E-state index contributed by atoms with van der Waals surface area (Å²) in [6, 6.07) is 5.96. The quantitative estimate of drug-likeness (QED) is 0.877. The molecule has 0 aliphatic rings. The number of aromatic nitrogens is 2. The van der Waals surface area contributed by atoms with Gasteiger partial charge in [-0.25, -0.2) is 4.79 Å². The van der Waals surface area contributed by atoms with Crippen LogP contribution in [-0.2, 0) is 10.3 Å². The fourth-order valence-electron chi connectivity index (χ4n) is 1.77. The predicted octanol–water partition coefficient (Wildman–Crippen LogP) is 1.09. The van der Waals surface area contributed by atoms with Crippen molar-refractivity contribution in [2.45, 2.75) is 12.5 Å². The molecule has 0 aliphatic heterocycles. The van der Waals surface area contributed by atoms with Crippen LogP contribution in [0.5, 0.6) is 0 Å². The summed E-state index contributed by atoms with van der Waals surface area (Å²) in [5.74, 6) is -1.00. The van der Waals surface area contributed by atoms with Crippen LogP contribution in [0.1, 0.15) is 12.5 Å². The van der Waals surface area contributed by atoms with Crippen molar-refractivity contribution in [2.75, 3.05) is 0 Å². The molecule has 2 rings (SSSR count). The summed E-state index contributed by atoms with van der Waals surface area (Å²) < 4.78 is 1.49. The highest BCUT2D eigenvalue weighted by atomic mass is 16.4. The number of nitrogens with zero attached hydrogens (tertiary/aromatic N) is 2. The van der Waals surface area contributed by atoms with Crippen molar-refractivity contribution < 1.29 is 9.90 Å². The third-order valence-corrected chi connectivity index (χ3v) is 2.97. The van der Waals surface area contributed by atoms with E-state index in [9.17, 15) is 14.7 Å². The normalized spacial score (nSPS) is 13.8. The van der Waals surface area contributed by atoms with E-state index in [0.717, 1.165) is 0 Å². The fraction of sp³-hybridized carbons (Fsp3) is 0.154. The molecular formula is C13H12N2O3. The van der Waals surface area contributed by atoms with Crippen molar-refractivity contribution in [1.29, 1.82) is 0 Å². The van der Waals surface area contributed by atoms with E-state index in [-0.39, 0.29) is 5.43 Å². The number of carboxylic acid groups (broad SMARTS) is 1. The van der Waals surface area contributed by atoms with Crippen molar-refractivity contribution in [3.63, 3.8) is 0 Å². The average Bonchev–Trinajstić information content (AvgIpc) is 2.39. The van der Waals surface area contributed by atoms with Crippen molar-refractivity contribution in [3.05, 3.63) is 64.8 Å². The van der Waals surface area contributed by atoms with Gasteiger partial charge in [-0.3, -0.25) is 9.78 Å².